The first-order valence-electron chi connectivity index (χ1n) is 3.67. The van der Waals surface area contributed by atoms with Crippen LogP contribution in [0.1, 0.15) is 13.3 Å². The third-order valence-corrected chi connectivity index (χ3v) is 2.03. The molecule has 0 heterocycles. The van der Waals surface area contributed by atoms with E-state index in [0.717, 1.165) is 6.29 Å². The van der Waals surface area contributed by atoms with Crippen LogP contribution < -0.4 is 0 Å². The molecule has 0 saturated carbocycles. The zero-order valence-electron chi connectivity index (χ0n) is 6.40. The summed E-state index contributed by atoms with van der Waals surface area (Å²) in [5.74, 6) is -0.0322. The summed E-state index contributed by atoms with van der Waals surface area (Å²) in [5.41, 5.74) is 0.579. The number of hydrogen-bond acceptors (Lipinski definition) is 3. The summed E-state index contributed by atoms with van der Waals surface area (Å²) >= 11 is 0. The molecule has 0 spiro atoms. The Balaban J connectivity index is 2.75. The van der Waals surface area contributed by atoms with Crippen LogP contribution in [0.5, 0.6) is 0 Å². The van der Waals surface area contributed by atoms with E-state index < -0.39 is 12.2 Å². The lowest BCUT2D eigenvalue weighted by atomic mass is 9.87. The van der Waals surface area contributed by atoms with Crippen molar-refractivity contribution in [3.8, 4) is 0 Å². The minimum atomic E-state index is -0.876. The zero-order valence-corrected chi connectivity index (χ0v) is 6.40. The highest BCUT2D eigenvalue weighted by molar-refractivity contribution is 5.73. The Morgan fingerprint density at radius 2 is 2.27 bits per heavy atom. The molecule has 1 rings (SSSR count). The summed E-state index contributed by atoms with van der Waals surface area (Å²) in [6.07, 6.45) is 1.10. The minimum Gasteiger partial charge on any atom is -0.390 e. The van der Waals surface area contributed by atoms with E-state index in [-0.39, 0.29) is 5.92 Å². The number of allylic oxidation sites excluding steroid dienone is 1. The van der Waals surface area contributed by atoms with Gasteiger partial charge in [0.1, 0.15) is 6.29 Å². The predicted octanol–water partition coefficient (Wildman–Crippen LogP) is -0.127. The number of carbonyl (C=O) groups is 1. The Bertz CT molecular complexity index is 186. The van der Waals surface area contributed by atoms with Gasteiger partial charge in [0.05, 0.1) is 12.2 Å². The third-order valence-electron chi connectivity index (χ3n) is 2.03. The van der Waals surface area contributed by atoms with Crippen LogP contribution in [-0.2, 0) is 4.79 Å². The molecule has 11 heavy (non-hydrogen) atoms. The van der Waals surface area contributed by atoms with E-state index in [9.17, 15) is 9.90 Å². The summed E-state index contributed by atoms with van der Waals surface area (Å²) < 4.78 is 0. The molecule has 3 atom stereocenters. The molecule has 1 aliphatic carbocycles. The number of carbonyl (C=O) groups excluding carboxylic acids is 1. The molecule has 3 unspecified atom stereocenters. The molecule has 1 aliphatic rings. The predicted molar refractivity (Wildman–Crippen MR) is 39.9 cm³/mol. The number of aliphatic hydroxyl groups is 2. The Hall–Kier alpha value is -0.670. The largest absolute Gasteiger partial charge is 0.390 e. The normalized spacial score (nSPS) is 38.1. The highest BCUT2D eigenvalue weighted by Gasteiger charge is 2.26. The van der Waals surface area contributed by atoms with Crippen LogP contribution in [-0.4, -0.2) is 28.7 Å². The Kier molecular flexibility index (Phi) is 2.42. The van der Waals surface area contributed by atoms with Gasteiger partial charge in [0.25, 0.3) is 0 Å². The van der Waals surface area contributed by atoms with Crippen LogP contribution in [0.3, 0.4) is 0 Å². The van der Waals surface area contributed by atoms with Gasteiger partial charge >= 0.3 is 0 Å². The molecular formula is C8H12O3. The highest BCUT2D eigenvalue weighted by atomic mass is 16.3. The number of hydrogen-bond donors (Lipinski definition) is 2. The Morgan fingerprint density at radius 3 is 2.73 bits per heavy atom. The van der Waals surface area contributed by atoms with Crippen molar-refractivity contribution in [2.24, 2.45) is 5.92 Å². The fraction of sp³-hybridized carbons (Fsp3) is 0.625. The summed E-state index contributed by atoms with van der Waals surface area (Å²) in [6, 6.07) is 0. The molecular weight excluding hydrogens is 144 g/mol. The third kappa shape index (κ3) is 1.67. The molecule has 0 aromatic carbocycles. The summed E-state index contributed by atoms with van der Waals surface area (Å²) in [4.78, 5) is 10.3. The van der Waals surface area contributed by atoms with Crippen molar-refractivity contribution in [2.75, 3.05) is 0 Å². The first-order chi connectivity index (χ1) is 5.15. The molecule has 62 valence electrons. The second-order valence-corrected chi connectivity index (χ2v) is 3.02. The summed E-state index contributed by atoms with van der Waals surface area (Å²) in [7, 11) is 0. The first-order valence-corrected chi connectivity index (χ1v) is 3.67. The van der Waals surface area contributed by atoms with Gasteiger partial charge in [-0.15, -0.1) is 0 Å². The summed E-state index contributed by atoms with van der Waals surface area (Å²) in [5, 5.41) is 18.4. The fourth-order valence-corrected chi connectivity index (χ4v) is 1.30. The Labute approximate surface area is 65.3 Å². The van der Waals surface area contributed by atoms with Gasteiger partial charge in [-0.1, -0.05) is 6.92 Å². The number of aliphatic hydroxyl groups excluding tert-OH is 2. The van der Waals surface area contributed by atoms with E-state index in [1.165, 1.54) is 6.08 Å². The SMILES string of the molecule is CC1CC(C=O)=CC(O)C1O. The van der Waals surface area contributed by atoms with Crippen LogP contribution in [0.2, 0.25) is 0 Å². The Morgan fingerprint density at radius 1 is 1.64 bits per heavy atom. The molecule has 0 fully saturated rings. The summed E-state index contributed by atoms with van der Waals surface area (Å²) in [6.45, 7) is 1.81. The maximum Gasteiger partial charge on any atom is 0.145 e. The lowest BCUT2D eigenvalue weighted by molar-refractivity contribution is -0.105. The van der Waals surface area contributed by atoms with Crippen LogP contribution >= 0.6 is 0 Å². The quantitative estimate of drug-likeness (QED) is 0.520. The van der Waals surface area contributed by atoms with Gasteiger partial charge in [0, 0.05) is 0 Å². The van der Waals surface area contributed by atoms with Gasteiger partial charge in [0.2, 0.25) is 0 Å². The van der Waals surface area contributed by atoms with Gasteiger partial charge in [-0.3, -0.25) is 4.79 Å². The van der Waals surface area contributed by atoms with E-state index in [1.54, 1.807) is 0 Å². The molecule has 0 aromatic rings. The van der Waals surface area contributed by atoms with Crippen molar-refractivity contribution in [3.63, 3.8) is 0 Å². The van der Waals surface area contributed by atoms with Crippen molar-refractivity contribution < 1.29 is 15.0 Å². The molecule has 0 amide bonds. The van der Waals surface area contributed by atoms with Crippen molar-refractivity contribution >= 4 is 6.29 Å². The lowest BCUT2D eigenvalue weighted by Gasteiger charge is -2.26. The van der Waals surface area contributed by atoms with Crippen molar-refractivity contribution in [1.82, 2.24) is 0 Å². The fourth-order valence-electron chi connectivity index (χ4n) is 1.30. The minimum absolute atomic E-state index is 0.0322. The second kappa shape index (κ2) is 3.15. The van der Waals surface area contributed by atoms with Crippen LogP contribution in [0, 0.1) is 5.92 Å². The molecule has 0 radical (unpaired) electrons. The van der Waals surface area contributed by atoms with Crippen LogP contribution in [0.25, 0.3) is 0 Å². The topological polar surface area (TPSA) is 57.5 Å². The van der Waals surface area contributed by atoms with Gasteiger partial charge in [0.15, 0.2) is 0 Å². The maximum absolute atomic E-state index is 10.3. The van der Waals surface area contributed by atoms with Crippen molar-refractivity contribution in [1.29, 1.82) is 0 Å². The van der Waals surface area contributed by atoms with Gasteiger partial charge < -0.3 is 10.2 Å². The molecule has 0 aromatic heterocycles. The van der Waals surface area contributed by atoms with E-state index in [4.69, 9.17) is 5.11 Å². The van der Waals surface area contributed by atoms with Crippen molar-refractivity contribution in [3.05, 3.63) is 11.6 Å². The van der Waals surface area contributed by atoms with E-state index in [2.05, 4.69) is 0 Å². The molecule has 3 heteroatoms. The standard InChI is InChI=1S/C8H12O3/c1-5-2-6(4-9)3-7(10)8(5)11/h3-5,7-8,10-11H,2H2,1H3. The average molecular weight is 156 g/mol. The van der Waals surface area contributed by atoms with Crippen molar-refractivity contribution in [2.45, 2.75) is 25.6 Å². The van der Waals surface area contributed by atoms with Gasteiger partial charge in [-0.25, -0.2) is 0 Å². The number of rotatable bonds is 1. The molecule has 0 saturated heterocycles. The zero-order chi connectivity index (χ0) is 8.43. The van der Waals surface area contributed by atoms with E-state index in [1.807, 2.05) is 6.92 Å². The average Bonchev–Trinajstić information content (AvgIpc) is 1.99. The molecule has 2 N–H and O–H groups in total. The maximum atomic E-state index is 10.3. The lowest BCUT2D eigenvalue weighted by Crippen LogP contribution is -2.34. The van der Waals surface area contributed by atoms with Gasteiger partial charge in [-0.05, 0) is 24.0 Å². The molecule has 3 nitrogen and oxygen atoms in total. The highest BCUT2D eigenvalue weighted by Crippen LogP contribution is 2.22. The molecule has 0 bridgehead atoms. The molecule has 0 aliphatic heterocycles. The first kappa shape index (κ1) is 8.43. The number of aldehydes is 1. The monoisotopic (exact) mass is 156 g/mol. The van der Waals surface area contributed by atoms with Crippen LogP contribution in [0.4, 0.5) is 0 Å². The second-order valence-electron chi connectivity index (χ2n) is 3.02. The van der Waals surface area contributed by atoms with E-state index in [0.29, 0.717) is 12.0 Å². The van der Waals surface area contributed by atoms with Crippen LogP contribution in [0.15, 0.2) is 11.6 Å². The van der Waals surface area contributed by atoms with E-state index >= 15 is 0 Å². The smallest absolute Gasteiger partial charge is 0.145 e. The van der Waals surface area contributed by atoms with Gasteiger partial charge in [-0.2, -0.15) is 0 Å².